The van der Waals surface area contributed by atoms with E-state index in [1.54, 1.807) is 7.11 Å². The second kappa shape index (κ2) is 8.41. The largest absolute Gasteiger partial charge is 0.489 e. The predicted octanol–water partition coefficient (Wildman–Crippen LogP) is 3.35. The lowest BCUT2D eigenvalue weighted by atomic mass is 10.1. The van der Waals surface area contributed by atoms with Crippen molar-refractivity contribution in [3.8, 4) is 5.75 Å². The molecule has 1 aromatic rings. The Bertz CT molecular complexity index is 373. The fourth-order valence-electron chi connectivity index (χ4n) is 1.90. The summed E-state index contributed by atoms with van der Waals surface area (Å²) in [5, 5.41) is 4.17. The Labute approximate surface area is 121 Å². The van der Waals surface area contributed by atoms with Gasteiger partial charge in [-0.15, -0.1) is 0 Å². The van der Waals surface area contributed by atoms with Crippen LogP contribution in [0.25, 0.3) is 0 Å². The fraction of sp³-hybridized carbons (Fsp3) is 0.600. The molecule has 0 aliphatic rings. The molecule has 1 N–H and O–H groups in total. The van der Waals surface area contributed by atoms with E-state index in [0.29, 0.717) is 0 Å². The molecule has 0 aromatic heterocycles. The maximum atomic E-state index is 6.14. The van der Waals surface area contributed by atoms with Crippen LogP contribution in [0.2, 0.25) is 5.02 Å². The summed E-state index contributed by atoms with van der Waals surface area (Å²) in [7, 11) is 1.72. The van der Waals surface area contributed by atoms with Crippen molar-refractivity contribution in [2.75, 3.05) is 26.8 Å². The molecule has 108 valence electrons. The molecule has 0 saturated heterocycles. The van der Waals surface area contributed by atoms with E-state index in [4.69, 9.17) is 21.1 Å². The standard InChI is InChI=1S/C15H24ClNO2/c1-11-8-14(9-12(2)15(11)16)19-13(3)10-17-6-5-7-18-4/h8-9,13,17H,5-7,10H2,1-4H3. The first-order chi connectivity index (χ1) is 9.04. The molecule has 0 heterocycles. The van der Waals surface area contributed by atoms with Crippen LogP contribution in [-0.2, 0) is 4.74 Å². The Hall–Kier alpha value is -0.770. The number of hydrogen-bond acceptors (Lipinski definition) is 3. The van der Waals surface area contributed by atoms with Gasteiger partial charge in [0.1, 0.15) is 11.9 Å². The first-order valence-corrected chi connectivity index (χ1v) is 7.05. The van der Waals surface area contributed by atoms with Gasteiger partial charge >= 0.3 is 0 Å². The zero-order valence-electron chi connectivity index (χ0n) is 12.3. The highest BCUT2D eigenvalue weighted by atomic mass is 35.5. The number of halogens is 1. The van der Waals surface area contributed by atoms with Crippen molar-refractivity contribution in [1.29, 1.82) is 0 Å². The number of rotatable bonds is 8. The maximum absolute atomic E-state index is 6.14. The molecule has 4 heteroatoms. The lowest BCUT2D eigenvalue weighted by Crippen LogP contribution is -2.30. The molecule has 0 bridgehead atoms. The molecule has 1 atom stereocenters. The van der Waals surface area contributed by atoms with Gasteiger partial charge in [0.15, 0.2) is 0 Å². The minimum Gasteiger partial charge on any atom is -0.489 e. The van der Waals surface area contributed by atoms with Crippen LogP contribution in [0.5, 0.6) is 5.75 Å². The zero-order valence-corrected chi connectivity index (χ0v) is 13.0. The van der Waals surface area contributed by atoms with Crippen LogP contribution in [0, 0.1) is 13.8 Å². The summed E-state index contributed by atoms with van der Waals surface area (Å²) in [4.78, 5) is 0. The molecule has 0 radical (unpaired) electrons. The maximum Gasteiger partial charge on any atom is 0.120 e. The lowest BCUT2D eigenvalue weighted by Gasteiger charge is -2.17. The molecule has 0 amide bonds. The Morgan fingerprint density at radius 1 is 1.26 bits per heavy atom. The third kappa shape index (κ3) is 5.81. The van der Waals surface area contributed by atoms with Gasteiger partial charge in [-0.2, -0.15) is 0 Å². The molecule has 0 saturated carbocycles. The molecule has 0 aliphatic carbocycles. The van der Waals surface area contributed by atoms with Gasteiger partial charge in [-0.1, -0.05) is 11.6 Å². The highest BCUT2D eigenvalue weighted by Crippen LogP contribution is 2.26. The lowest BCUT2D eigenvalue weighted by molar-refractivity contribution is 0.188. The monoisotopic (exact) mass is 285 g/mol. The Morgan fingerprint density at radius 2 is 1.89 bits per heavy atom. The minimum absolute atomic E-state index is 0.127. The van der Waals surface area contributed by atoms with Gasteiger partial charge in [0.2, 0.25) is 0 Å². The first-order valence-electron chi connectivity index (χ1n) is 6.67. The van der Waals surface area contributed by atoms with Crippen molar-refractivity contribution in [3.63, 3.8) is 0 Å². The van der Waals surface area contributed by atoms with Crippen molar-refractivity contribution < 1.29 is 9.47 Å². The summed E-state index contributed by atoms with van der Waals surface area (Å²) in [6.07, 6.45) is 1.14. The van der Waals surface area contributed by atoms with Gasteiger partial charge < -0.3 is 14.8 Å². The van der Waals surface area contributed by atoms with Crippen LogP contribution in [-0.4, -0.2) is 32.9 Å². The van der Waals surface area contributed by atoms with E-state index < -0.39 is 0 Å². The van der Waals surface area contributed by atoms with E-state index in [2.05, 4.69) is 12.2 Å². The molecule has 1 rings (SSSR count). The van der Waals surface area contributed by atoms with Crippen LogP contribution in [0.15, 0.2) is 12.1 Å². The number of nitrogens with one attached hydrogen (secondary N) is 1. The minimum atomic E-state index is 0.127. The van der Waals surface area contributed by atoms with E-state index >= 15 is 0 Å². The third-order valence-electron chi connectivity index (χ3n) is 2.88. The third-order valence-corrected chi connectivity index (χ3v) is 3.48. The van der Waals surface area contributed by atoms with Crippen LogP contribution in [0.3, 0.4) is 0 Å². The SMILES string of the molecule is COCCCNCC(C)Oc1cc(C)c(Cl)c(C)c1. The molecule has 3 nitrogen and oxygen atoms in total. The quantitative estimate of drug-likeness (QED) is 0.743. The van der Waals surface area contributed by atoms with Gasteiger partial charge in [0, 0.05) is 25.3 Å². The topological polar surface area (TPSA) is 30.5 Å². The smallest absolute Gasteiger partial charge is 0.120 e. The average Bonchev–Trinajstić information content (AvgIpc) is 2.35. The van der Waals surface area contributed by atoms with Gasteiger partial charge in [0.05, 0.1) is 0 Å². The van der Waals surface area contributed by atoms with Gasteiger partial charge in [-0.05, 0) is 57.0 Å². The van der Waals surface area contributed by atoms with Crippen molar-refractivity contribution in [1.82, 2.24) is 5.32 Å². The van der Waals surface area contributed by atoms with E-state index in [-0.39, 0.29) is 6.10 Å². The summed E-state index contributed by atoms with van der Waals surface area (Å²) in [5.74, 6) is 0.880. The van der Waals surface area contributed by atoms with Crippen LogP contribution >= 0.6 is 11.6 Å². The molecular formula is C15H24ClNO2. The Morgan fingerprint density at radius 3 is 2.47 bits per heavy atom. The van der Waals surface area contributed by atoms with Gasteiger partial charge in [-0.3, -0.25) is 0 Å². The van der Waals surface area contributed by atoms with Crippen LogP contribution in [0.4, 0.5) is 0 Å². The van der Waals surface area contributed by atoms with Crippen molar-refractivity contribution >= 4 is 11.6 Å². The van der Waals surface area contributed by atoms with E-state index in [1.165, 1.54) is 0 Å². The Kier molecular flexibility index (Phi) is 7.21. The van der Waals surface area contributed by atoms with Crippen LogP contribution in [0.1, 0.15) is 24.5 Å². The van der Waals surface area contributed by atoms with Crippen LogP contribution < -0.4 is 10.1 Å². The van der Waals surface area contributed by atoms with E-state index in [1.807, 2.05) is 26.0 Å². The highest BCUT2D eigenvalue weighted by molar-refractivity contribution is 6.32. The highest BCUT2D eigenvalue weighted by Gasteiger charge is 2.07. The second-order valence-corrected chi connectivity index (χ2v) is 5.23. The number of methoxy groups -OCH3 is 1. The normalized spacial score (nSPS) is 12.5. The van der Waals surface area contributed by atoms with Gasteiger partial charge in [-0.25, -0.2) is 0 Å². The molecule has 1 aromatic carbocycles. The first kappa shape index (κ1) is 16.3. The van der Waals surface area contributed by atoms with Crippen molar-refractivity contribution in [2.45, 2.75) is 33.3 Å². The summed E-state index contributed by atoms with van der Waals surface area (Å²) < 4.78 is 10.9. The zero-order chi connectivity index (χ0) is 14.3. The molecule has 1 unspecified atom stereocenters. The second-order valence-electron chi connectivity index (χ2n) is 4.85. The molecule has 0 aliphatic heterocycles. The fourth-order valence-corrected chi connectivity index (χ4v) is 2.00. The van der Waals surface area contributed by atoms with Gasteiger partial charge in [0.25, 0.3) is 0 Å². The summed E-state index contributed by atoms with van der Waals surface area (Å²) in [6.45, 7) is 8.61. The van der Waals surface area contributed by atoms with E-state index in [0.717, 1.165) is 48.0 Å². The average molecular weight is 286 g/mol. The number of hydrogen-bond donors (Lipinski definition) is 1. The Balaban J connectivity index is 2.38. The number of aryl methyl sites for hydroxylation is 2. The number of ether oxygens (including phenoxy) is 2. The number of benzene rings is 1. The molecule has 0 fully saturated rings. The molecule has 0 spiro atoms. The summed E-state index contributed by atoms with van der Waals surface area (Å²) in [6, 6.07) is 3.97. The van der Waals surface area contributed by atoms with Crippen molar-refractivity contribution in [2.24, 2.45) is 0 Å². The van der Waals surface area contributed by atoms with E-state index in [9.17, 15) is 0 Å². The molecule has 19 heavy (non-hydrogen) atoms. The summed E-state index contributed by atoms with van der Waals surface area (Å²) >= 11 is 6.14. The predicted molar refractivity (Wildman–Crippen MR) is 80.4 cm³/mol. The van der Waals surface area contributed by atoms with Crippen molar-refractivity contribution in [3.05, 3.63) is 28.3 Å². The molecular weight excluding hydrogens is 262 g/mol. The summed E-state index contributed by atoms with van der Waals surface area (Å²) in [5.41, 5.74) is 2.11.